The lowest BCUT2D eigenvalue weighted by atomic mass is 10.1. The van der Waals surface area contributed by atoms with E-state index in [2.05, 4.69) is 17.1 Å². The van der Waals surface area contributed by atoms with Gasteiger partial charge < -0.3 is 4.57 Å². The van der Waals surface area contributed by atoms with E-state index < -0.39 is 11.7 Å². The highest BCUT2D eigenvalue weighted by molar-refractivity contribution is 8.93. The Bertz CT molecular complexity index is 1230. The van der Waals surface area contributed by atoms with Crippen molar-refractivity contribution in [3.8, 4) is 11.3 Å². The molecule has 0 atom stereocenters. The number of aryl methyl sites for hydroxylation is 1. The van der Waals surface area contributed by atoms with Crippen LogP contribution >= 0.6 is 39.9 Å². The number of nitrogens with zero attached hydrogens (tertiary/aromatic N) is 2. The summed E-state index contributed by atoms with van der Waals surface area (Å²) in [4.78, 5) is 5.19. The van der Waals surface area contributed by atoms with Gasteiger partial charge in [0, 0.05) is 16.9 Å². The Morgan fingerprint density at radius 2 is 1.62 bits per heavy atom. The van der Waals surface area contributed by atoms with Gasteiger partial charge in [-0.2, -0.15) is 13.2 Å². The van der Waals surface area contributed by atoms with Crippen molar-refractivity contribution in [2.24, 2.45) is 4.99 Å². The first-order chi connectivity index (χ1) is 14.9. The predicted octanol–water partition coefficient (Wildman–Crippen LogP) is 7.94. The van der Waals surface area contributed by atoms with Gasteiger partial charge in [0.05, 0.1) is 16.9 Å². The zero-order valence-corrected chi connectivity index (χ0v) is 20.0. The number of benzene rings is 3. The number of hydrogen-bond donors (Lipinski definition) is 0. The number of rotatable bonds is 5. The van der Waals surface area contributed by atoms with E-state index in [-0.39, 0.29) is 22.7 Å². The second-order valence-corrected chi connectivity index (χ2v) is 8.23. The summed E-state index contributed by atoms with van der Waals surface area (Å²) in [6.07, 6.45) is -3.63. The van der Waals surface area contributed by atoms with E-state index in [0.717, 1.165) is 29.8 Å². The Hall–Kier alpha value is -2.35. The Balaban J connectivity index is 0.00000289. The molecule has 0 spiro atoms. The van der Waals surface area contributed by atoms with Gasteiger partial charge in [0.1, 0.15) is 0 Å². The first-order valence-electron chi connectivity index (χ1n) is 9.60. The van der Waals surface area contributed by atoms with E-state index in [1.54, 1.807) is 6.07 Å². The van der Waals surface area contributed by atoms with E-state index in [1.165, 1.54) is 23.0 Å². The van der Waals surface area contributed by atoms with Gasteiger partial charge in [0.15, 0.2) is 4.80 Å². The topological polar surface area (TPSA) is 17.3 Å². The summed E-state index contributed by atoms with van der Waals surface area (Å²) in [6.45, 7) is 0.642. The van der Waals surface area contributed by atoms with E-state index in [0.29, 0.717) is 16.4 Å². The standard InChI is InChI=1S/C24H18ClF3N2S.BrH/c25-20-11-9-18(10-12-20)22-16-31-23(30(22)14-13-17-5-2-1-3-6-17)29-21-8-4-7-19(15-21)24(26,27)28;/h1-12,15-16H,13-14H2;1H. The van der Waals surface area contributed by atoms with E-state index in [9.17, 15) is 13.2 Å². The zero-order valence-electron chi connectivity index (χ0n) is 16.7. The molecule has 3 aromatic carbocycles. The molecule has 1 heterocycles. The van der Waals surface area contributed by atoms with Crippen LogP contribution < -0.4 is 4.80 Å². The van der Waals surface area contributed by atoms with Crippen LogP contribution in [0.2, 0.25) is 5.02 Å². The van der Waals surface area contributed by atoms with Crippen LogP contribution in [-0.2, 0) is 19.1 Å². The number of hydrogen-bond acceptors (Lipinski definition) is 2. The van der Waals surface area contributed by atoms with Crippen LogP contribution in [0.25, 0.3) is 11.3 Å². The van der Waals surface area contributed by atoms with Crippen LogP contribution in [0, 0.1) is 0 Å². The van der Waals surface area contributed by atoms with Gasteiger partial charge >= 0.3 is 6.18 Å². The molecule has 0 aliphatic rings. The van der Waals surface area contributed by atoms with Gasteiger partial charge in [0.25, 0.3) is 0 Å². The fourth-order valence-electron chi connectivity index (χ4n) is 3.23. The molecule has 0 aliphatic carbocycles. The summed E-state index contributed by atoms with van der Waals surface area (Å²) in [7, 11) is 0. The minimum atomic E-state index is -4.40. The number of halogens is 5. The molecule has 0 unspecified atom stereocenters. The summed E-state index contributed by atoms with van der Waals surface area (Å²) >= 11 is 7.43. The van der Waals surface area contributed by atoms with Crippen molar-refractivity contribution in [1.29, 1.82) is 0 Å². The quantitative estimate of drug-likeness (QED) is 0.245. The normalized spacial score (nSPS) is 11.9. The third-order valence-corrected chi connectivity index (χ3v) is 5.92. The SMILES string of the molecule is Br.FC(F)(F)c1cccc(N=c2scc(-c3ccc(Cl)cc3)n2CCc2ccccc2)c1. The largest absolute Gasteiger partial charge is 0.416 e. The highest BCUT2D eigenvalue weighted by Gasteiger charge is 2.30. The van der Waals surface area contributed by atoms with Crippen molar-refractivity contribution in [1.82, 2.24) is 4.57 Å². The van der Waals surface area contributed by atoms with E-state index >= 15 is 0 Å². The molecule has 2 nitrogen and oxygen atoms in total. The fourth-order valence-corrected chi connectivity index (χ4v) is 4.32. The third-order valence-electron chi connectivity index (χ3n) is 4.80. The Kier molecular flexibility index (Phi) is 7.98. The molecule has 32 heavy (non-hydrogen) atoms. The van der Waals surface area contributed by atoms with Crippen LogP contribution in [0.1, 0.15) is 11.1 Å². The Labute approximate surface area is 203 Å². The van der Waals surface area contributed by atoms with Crippen LogP contribution in [0.5, 0.6) is 0 Å². The lowest BCUT2D eigenvalue weighted by Crippen LogP contribution is -2.17. The molecule has 4 rings (SSSR count). The van der Waals surface area contributed by atoms with Gasteiger partial charge in [-0.25, -0.2) is 4.99 Å². The molecule has 0 saturated heterocycles. The highest BCUT2D eigenvalue weighted by Crippen LogP contribution is 2.31. The molecule has 0 N–H and O–H groups in total. The minimum absolute atomic E-state index is 0. The van der Waals surface area contributed by atoms with Crippen molar-refractivity contribution >= 4 is 45.6 Å². The molecule has 166 valence electrons. The number of thiazole rings is 1. The lowest BCUT2D eigenvalue weighted by molar-refractivity contribution is -0.137. The molecule has 0 aliphatic heterocycles. The molecule has 1 aromatic heterocycles. The molecular weight excluding hydrogens is 521 g/mol. The smallest absolute Gasteiger partial charge is 0.316 e. The molecule has 0 amide bonds. The van der Waals surface area contributed by atoms with Crippen LogP contribution in [0.4, 0.5) is 18.9 Å². The molecule has 8 heteroatoms. The average molecular weight is 540 g/mol. The Morgan fingerprint density at radius 1 is 0.906 bits per heavy atom. The van der Waals surface area contributed by atoms with Gasteiger partial charge in [-0.3, -0.25) is 0 Å². The van der Waals surface area contributed by atoms with Crippen LogP contribution in [0.3, 0.4) is 0 Å². The highest BCUT2D eigenvalue weighted by atomic mass is 79.9. The summed E-state index contributed by atoms with van der Waals surface area (Å²) in [6, 6.07) is 22.6. The van der Waals surface area contributed by atoms with Gasteiger partial charge in [-0.1, -0.05) is 60.1 Å². The van der Waals surface area contributed by atoms with Crippen molar-refractivity contribution in [3.05, 3.63) is 105 Å². The van der Waals surface area contributed by atoms with Crippen molar-refractivity contribution in [2.45, 2.75) is 19.1 Å². The maximum Gasteiger partial charge on any atom is 0.416 e. The maximum atomic E-state index is 13.1. The second-order valence-electron chi connectivity index (χ2n) is 6.96. The van der Waals surface area contributed by atoms with Crippen molar-refractivity contribution in [3.63, 3.8) is 0 Å². The van der Waals surface area contributed by atoms with Gasteiger partial charge in [0.2, 0.25) is 0 Å². The first-order valence-corrected chi connectivity index (χ1v) is 10.9. The first kappa shape index (κ1) is 24.3. The zero-order chi connectivity index (χ0) is 21.8. The summed E-state index contributed by atoms with van der Waals surface area (Å²) in [5.74, 6) is 0. The van der Waals surface area contributed by atoms with Crippen molar-refractivity contribution < 1.29 is 13.2 Å². The second kappa shape index (κ2) is 10.5. The predicted molar refractivity (Wildman–Crippen MR) is 130 cm³/mol. The number of aromatic nitrogens is 1. The molecule has 4 aromatic rings. The maximum absolute atomic E-state index is 13.1. The number of alkyl halides is 3. The third kappa shape index (κ3) is 5.91. The molecule has 0 saturated carbocycles. The van der Waals surface area contributed by atoms with Gasteiger partial charge in [-0.15, -0.1) is 28.3 Å². The summed E-state index contributed by atoms with van der Waals surface area (Å²) in [5.41, 5.74) is 2.66. The Morgan fingerprint density at radius 3 is 2.31 bits per heavy atom. The summed E-state index contributed by atoms with van der Waals surface area (Å²) < 4.78 is 41.3. The molecule has 0 fully saturated rings. The lowest BCUT2D eigenvalue weighted by Gasteiger charge is -2.10. The van der Waals surface area contributed by atoms with Crippen LogP contribution in [-0.4, -0.2) is 4.57 Å². The van der Waals surface area contributed by atoms with E-state index in [4.69, 9.17) is 11.6 Å². The van der Waals surface area contributed by atoms with Crippen molar-refractivity contribution in [2.75, 3.05) is 0 Å². The molecular formula is C24H19BrClF3N2S. The summed E-state index contributed by atoms with van der Waals surface area (Å²) in [5, 5.41) is 2.62. The molecule has 0 radical (unpaired) electrons. The van der Waals surface area contributed by atoms with E-state index in [1.807, 2.05) is 52.4 Å². The van der Waals surface area contributed by atoms with Gasteiger partial charge in [-0.05, 0) is 47.9 Å². The molecule has 0 bridgehead atoms. The minimum Gasteiger partial charge on any atom is -0.316 e. The fraction of sp³-hybridized carbons (Fsp3) is 0.125. The average Bonchev–Trinajstić information content (AvgIpc) is 3.15. The monoisotopic (exact) mass is 538 g/mol. The van der Waals surface area contributed by atoms with Crippen LogP contribution in [0.15, 0.2) is 89.2 Å².